The number of ether oxygens (including phenoxy) is 2. The van der Waals surface area contributed by atoms with Gasteiger partial charge in [0, 0.05) is 17.2 Å². The summed E-state index contributed by atoms with van der Waals surface area (Å²) in [6, 6.07) is 7.78. The second-order valence-electron chi connectivity index (χ2n) is 5.98. The fraction of sp³-hybridized carbons (Fsp3) is 0.250. The third-order valence-electron chi connectivity index (χ3n) is 4.46. The van der Waals surface area contributed by atoms with Gasteiger partial charge in [-0.3, -0.25) is 4.79 Å². The van der Waals surface area contributed by atoms with Crippen molar-refractivity contribution in [3.05, 3.63) is 54.7 Å². The molecular weight excluding hydrogens is 431 g/mol. The molecule has 130 valence electrons. The summed E-state index contributed by atoms with van der Waals surface area (Å²) < 4.78 is 17.7. The Morgan fingerprint density at radius 3 is 2.32 bits per heavy atom. The molecule has 0 bridgehead atoms. The van der Waals surface area contributed by atoms with Crippen LogP contribution in [0.4, 0.5) is 0 Å². The van der Waals surface area contributed by atoms with Crippen LogP contribution in [0.5, 0.6) is 11.5 Å². The molecule has 0 aliphatic carbocycles. The molecular formula is C20H19IO4. The van der Waals surface area contributed by atoms with Gasteiger partial charge >= 0.3 is 0 Å². The van der Waals surface area contributed by atoms with Gasteiger partial charge in [-0.2, -0.15) is 0 Å². The van der Waals surface area contributed by atoms with E-state index in [9.17, 15) is 4.79 Å². The molecule has 0 atom stereocenters. The lowest BCUT2D eigenvalue weighted by molar-refractivity contribution is 0.391. The third kappa shape index (κ3) is 2.90. The van der Waals surface area contributed by atoms with Gasteiger partial charge in [0.2, 0.25) is 0 Å². The lowest BCUT2D eigenvalue weighted by Crippen LogP contribution is -2.10. The molecule has 0 spiro atoms. The first kappa shape index (κ1) is 17.8. The monoisotopic (exact) mass is 450 g/mol. The summed E-state index contributed by atoms with van der Waals surface area (Å²) >= 11 is 2.12. The maximum absolute atomic E-state index is 13.0. The topological polar surface area (TPSA) is 48.7 Å². The van der Waals surface area contributed by atoms with Crippen LogP contribution < -0.4 is 14.9 Å². The quantitative estimate of drug-likeness (QED) is 0.527. The molecule has 0 amide bonds. The van der Waals surface area contributed by atoms with E-state index in [-0.39, 0.29) is 5.43 Å². The van der Waals surface area contributed by atoms with Crippen molar-refractivity contribution < 1.29 is 13.9 Å². The molecule has 5 heteroatoms. The van der Waals surface area contributed by atoms with E-state index in [2.05, 4.69) is 29.5 Å². The maximum Gasteiger partial charge on any atom is 0.200 e. The smallest absolute Gasteiger partial charge is 0.200 e. The van der Waals surface area contributed by atoms with Crippen molar-refractivity contribution in [2.75, 3.05) is 14.2 Å². The molecule has 0 saturated carbocycles. The minimum Gasteiger partial charge on any atom is -0.495 e. The van der Waals surface area contributed by atoms with Gasteiger partial charge in [-0.1, -0.05) is 12.1 Å². The number of benzene rings is 2. The van der Waals surface area contributed by atoms with E-state index in [1.54, 1.807) is 27.2 Å². The number of aryl methyl sites for hydroxylation is 2. The van der Waals surface area contributed by atoms with E-state index in [1.807, 2.05) is 25.1 Å². The van der Waals surface area contributed by atoms with Crippen molar-refractivity contribution in [2.45, 2.75) is 20.8 Å². The molecule has 0 fully saturated rings. The average Bonchev–Trinajstić information content (AvgIpc) is 2.60. The SMILES string of the molecule is COc1cc2oc(-c3ccc(C)c(C)c3)c(C)c(=O)c2c(OC)c1I. The van der Waals surface area contributed by atoms with Crippen molar-refractivity contribution in [3.63, 3.8) is 0 Å². The first-order valence-corrected chi connectivity index (χ1v) is 8.92. The van der Waals surface area contributed by atoms with Gasteiger partial charge in [0.25, 0.3) is 0 Å². The van der Waals surface area contributed by atoms with Crippen LogP contribution >= 0.6 is 22.6 Å². The highest BCUT2D eigenvalue weighted by Gasteiger charge is 2.21. The van der Waals surface area contributed by atoms with E-state index in [1.165, 1.54) is 5.56 Å². The summed E-state index contributed by atoms with van der Waals surface area (Å²) in [6.45, 7) is 5.88. The summed E-state index contributed by atoms with van der Waals surface area (Å²) in [6.07, 6.45) is 0. The van der Waals surface area contributed by atoms with Gasteiger partial charge in [0.05, 0.1) is 17.8 Å². The Morgan fingerprint density at radius 2 is 1.72 bits per heavy atom. The number of hydrogen-bond donors (Lipinski definition) is 0. The standard InChI is InChI=1S/C20H19IO4/c1-10-6-7-13(8-11(10)2)19-12(3)18(22)16-14(25-19)9-15(23-4)17(21)20(16)24-5/h6-9H,1-5H3. The molecule has 25 heavy (non-hydrogen) atoms. The van der Waals surface area contributed by atoms with Gasteiger partial charge in [-0.05, 0) is 60.6 Å². The van der Waals surface area contributed by atoms with Crippen molar-refractivity contribution in [2.24, 2.45) is 0 Å². The predicted molar refractivity (Wildman–Crippen MR) is 108 cm³/mol. The Morgan fingerprint density at radius 1 is 1.00 bits per heavy atom. The predicted octanol–water partition coefficient (Wildman–Crippen LogP) is 5.01. The molecule has 0 aliphatic rings. The van der Waals surface area contributed by atoms with Crippen LogP contribution in [0.15, 0.2) is 33.5 Å². The number of rotatable bonds is 3. The molecule has 0 radical (unpaired) electrons. The number of fused-ring (bicyclic) bond motifs is 1. The normalized spacial score (nSPS) is 11.0. The average molecular weight is 450 g/mol. The fourth-order valence-corrected chi connectivity index (χ4v) is 3.72. The Hall–Kier alpha value is -2.02. The lowest BCUT2D eigenvalue weighted by Gasteiger charge is -2.14. The number of hydrogen-bond acceptors (Lipinski definition) is 4. The van der Waals surface area contributed by atoms with E-state index < -0.39 is 0 Å². The zero-order valence-electron chi connectivity index (χ0n) is 14.8. The van der Waals surface area contributed by atoms with Crippen LogP contribution in [0.1, 0.15) is 16.7 Å². The molecule has 0 N–H and O–H groups in total. The van der Waals surface area contributed by atoms with Crippen LogP contribution in [0.3, 0.4) is 0 Å². The zero-order valence-corrected chi connectivity index (χ0v) is 17.0. The van der Waals surface area contributed by atoms with Gasteiger partial charge < -0.3 is 13.9 Å². The van der Waals surface area contributed by atoms with Gasteiger partial charge in [0.15, 0.2) is 11.2 Å². The first-order valence-electron chi connectivity index (χ1n) is 7.84. The van der Waals surface area contributed by atoms with E-state index >= 15 is 0 Å². The van der Waals surface area contributed by atoms with E-state index in [0.717, 1.165) is 14.7 Å². The Balaban J connectivity index is 2.40. The van der Waals surface area contributed by atoms with Gasteiger partial charge in [-0.25, -0.2) is 0 Å². The van der Waals surface area contributed by atoms with Crippen LogP contribution in [0.2, 0.25) is 0 Å². The molecule has 0 unspecified atom stereocenters. The molecule has 2 aromatic carbocycles. The summed E-state index contributed by atoms with van der Waals surface area (Å²) in [5.74, 6) is 1.67. The number of halogens is 1. The summed E-state index contributed by atoms with van der Waals surface area (Å²) in [5.41, 5.74) is 4.16. The minimum atomic E-state index is -0.0908. The van der Waals surface area contributed by atoms with Crippen molar-refractivity contribution in [3.8, 4) is 22.8 Å². The molecule has 4 nitrogen and oxygen atoms in total. The van der Waals surface area contributed by atoms with E-state index in [4.69, 9.17) is 13.9 Å². The molecule has 0 aliphatic heterocycles. The van der Waals surface area contributed by atoms with Crippen LogP contribution in [0, 0.1) is 24.3 Å². The summed E-state index contributed by atoms with van der Waals surface area (Å²) in [4.78, 5) is 13.0. The largest absolute Gasteiger partial charge is 0.495 e. The van der Waals surface area contributed by atoms with Crippen molar-refractivity contribution in [1.29, 1.82) is 0 Å². The van der Waals surface area contributed by atoms with Crippen molar-refractivity contribution in [1.82, 2.24) is 0 Å². The molecule has 0 saturated heterocycles. The Bertz CT molecular complexity index is 1030. The number of methoxy groups -OCH3 is 2. The van der Waals surface area contributed by atoms with Gasteiger partial charge in [-0.15, -0.1) is 0 Å². The molecule has 3 aromatic rings. The first-order chi connectivity index (χ1) is 11.9. The molecule has 1 heterocycles. The highest BCUT2D eigenvalue weighted by Crippen LogP contribution is 2.38. The van der Waals surface area contributed by atoms with Gasteiger partial charge in [0.1, 0.15) is 22.5 Å². The fourth-order valence-electron chi connectivity index (χ4n) is 2.86. The van der Waals surface area contributed by atoms with Crippen molar-refractivity contribution >= 4 is 33.6 Å². The second kappa shape index (κ2) is 6.71. The summed E-state index contributed by atoms with van der Waals surface area (Å²) in [7, 11) is 3.13. The molecule has 3 rings (SSSR count). The van der Waals surface area contributed by atoms with E-state index in [0.29, 0.717) is 33.8 Å². The van der Waals surface area contributed by atoms with Crippen LogP contribution in [-0.2, 0) is 0 Å². The summed E-state index contributed by atoms with van der Waals surface area (Å²) in [5, 5.41) is 0.442. The zero-order chi connectivity index (χ0) is 18.3. The Kier molecular flexibility index (Phi) is 4.77. The highest BCUT2D eigenvalue weighted by molar-refractivity contribution is 14.1. The molecule has 1 aromatic heterocycles. The lowest BCUT2D eigenvalue weighted by atomic mass is 10.0. The van der Waals surface area contributed by atoms with Crippen LogP contribution in [0.25, 0.3) is 22.3 Å². The minimum absolute atomic E-state index is 0.0908. The Labute approximate surface area is 159 Å². The third-order valence-corrected chi connectivity index (χ3v) is 5.49. The maximum atomic E-state index is 13.0. The highest BCUT2D eigenvalue weighted by atomic mass is 127. The van der Waals surface area contributed by atoms with Crippen LogP contribution in [-0.4, -0.2) is 14.2 Å². The second-order valence-corrected chi connectivity index (χ2v) is 7.06.